The molecular weight excluding hydrogens is 294 g/mol. The number of rotatable bonds is 6. The van der Waals surface area contributed by atoms with Crippen LogP contribution in [0.25, 0.3) is 0 Å². The van der Waals surface area contributed by atoms with Gasteiger partial charge in [-0.3, -0.25) is 0 Å². The molecule has 1 atom stereocenters. The van der Waals surface area contributed by atoms with E-state index in [0.29, 0.717) is 12.0 Å². The molecule has 1 rings (SSSR count). The Hall–Kier alpha value is -0.880. The van der Waals surface area contributed by atoms with Gasteiger partial charge in [-0.1, -0.05) is 0 Å². The molecule has 0 saturated carbocycles. The van der Waals surface area contributed by atoms with Crippen LogP contribution in [0, 0.1) is 0 Å². The number of aromatic nitrogens is 2. The highest BCUT2D eigenvalue weighted by atomic mass is 79.9. The molecule has 0 amide bonds. The molecule has 5 nitrogen and oxygen atoms in total. The third-order valence-electron chi connectivity index (χ3n) is 2.72. The van der Waals surface area contributed by atoms with Crippen molar-refractivity contribution in [2.75, 3.05) is 44.4 Å². The summed E-state index contributed by atoms with van der Waals surface area (Å²) in [6, 6.07) is 0.390. The normalized spacial score (nSPS) is 12.6. The van der Waals surface area contributed by atoms with Crippen LogP contribution < -0.4 is 10.2 Å². The zero-order chi connectivity index (χ0) is 13.7. The van der Waals surface area contributed by atoms with Crippen molar-refractivity contribution in [2.45, 2.75) is 19.9 Å². The minimum Gasteiger partial charge on any atom is -0.357 e. The Balaban J connectivity index is 3.00. The maximum absolute atomic E-state index is 4.53. The first kappa shape index (κ1) is 15.2. The second kappa shape index (κ2) is 6.89. The molecule has 1 unspecified atom stereocenters. The van der Waals surface area contributed by atoms with Crippen molar-refractivity contribution in [3.63, 3.8) is 0 Å². The van der Waals surface area contributed by atoms with Gasteiger partial charge in [0.15, 0.2) is 0 Å². The standard InChI is InChI=1S/C12H22BrN5/c1-6-18(9(2)8-17(4)5)11-10(13)7-15-12(14-3)16-11/h7,9H,6,8H2,1-5H3,(H,14,15,16). The highest BCUT2D eigenvalue weighted by Crippen LogP contribution is 2.25. The van der Waals surface area contributed by atoms with Crippen LogP contribution in [0.5, 0.6) is 0 Å². The van der Waals surface area contributed by atoms with Crippen molar-refractivity contribution in [2.24, 2.45) is 0 Å². The van der Waals surface area contributed by atoms with E-state index in [0.717, 1.165) is 23.4 Å². The fraction of sp³-hybridized carbons (Fsp3) is 0.667. The summed E-state index contributed by atoms with van der Waals surface area (Å²) in [5, 5.41) is 2.97. The fourth-order valence-corrected chi connectivity index (χ4v) is 2.40. The van der Waals surface area contributed by atoms with Gasteiger partial charge in [-0.2, -0.15) is 4.98 Å². The zero-order valence-electron chi connectivity index (χ0n) is 11.7. The van der Waals surface area contributed by atoms with Gasteiger partial charge in [-0.05, 0) is 43.9 Å². The first-order chi connectivity index (χ1) is 8.49. The Morgan fingerprint density at radius 2 is 2.11 bits per heavy atom. The smallest absolute Gasteiger partial charge is 0.224 e. The Labute approximate surface area is 118 Å². The number of likely N-dealkylation sites (N-methyl/N-ethyl adjacent to an activating group) is 2. The second-order valence-corrected chi connectivity index (χ2v) is 5.37. The molecule has 1 heterocycles. The first-order valence-electron chi connectivity index (χ1n) is 6.11. The minimum absolute atomic E-state index is 0.390. The number of hydrogen-bond donors (Lipinski definition) is 1. The summed E-state index contributed by atoms with van der Waals surface area (Å²) in [7, 11) is 5.99. The molecule has 0 fully saturated rings. The van der Waals surface area contributed by atoms with Gasteiger partial charge in [-0.15, -0.1) is 0 Å². The van der Waals surface area contributed by atoms with E-state index < -0.39 is 0 Å². The molecule has 0 aromatic carbocycles. The Morgan fingerprint density at radius 3 is 2.61 bits per heavy atom. The molecule has 18 heavy (non-hydrogen) atoms. The van der Waals surface area contributed by atoms with Gasteiger partial charge in [0.25, 0.3) is 0 Å². The zero-order valence-corrected chi connectivity index (χ0v) is 13.3. The van der Waals surface area contributed by atoms with Crippen LogP contribution in [-0.2, 0) is 0 Å². The Kier molecular flexibility index (Phi) is 5.81. The molecule has 1 aromatic rings. The van der Waals surface area contributed by atoms with Crippen molar-refractivity contribution in [1.29, 1.82) is 0 Å². The number of anilines is 2. The number of nitrogens with zero attached hydrogens (tertiary/aromatic N) is 4. The van der Waals surface area contributed by atoms with Crippen molar-refractivity contribution >= 4 is 27.7 Å². The molecule has 0 aliphatic carbocycles. The topological polar surface area (TPSA) is 44.3 Å². The SMILES string of the molecule is CCN(c1nc(NC)ncc1Br)C(C)CN(C)C. The van der Waals surface area contributed by atoms with E-state index in [-0.39, 0.29) is 0 Å². The summed E-state index contributed by atoms with van der Waals surface area (Å²) in [4.78, 5) is 13.2. The predicted molar refractivity (Wildman–Crippen MR) is 80.3 cm³/mol. The summed E-state index contributed by atoms with van der Waals surface area (Å²) in [6.45, 7) is 6.24. The first-order valence-corrected chi connectivity index (χ1v) is 6.90. The molecule has 0 aliphatic rings. The predicted octanol–water partition coefficient (Wildman–Crippen LogP) is 2.06. The van der Waals surface area contributed by atoms with E-state index in [9.17, 15) is 0 Å². The van der Waals surface area contributed by atoms with Gasteiger partial charge in [0.1, 0.15) is 5.82 Å². The Morgan fingerprint density at radius 1 is 1.44 bits per heavy atom. The molecular formula is C12H22BrN5. The molecule has 102 valence electrons. The molecule has 0 spiro atoms. The molecule has 1 N–H and O–H groups in total. The van der Waals surface area contributed by atoms with E-state index in [2.05, 4.69) is 69.0 Å². The quantitative estimate of drug-likeness (QED) is 0.870. The van der Waals surface area contributed by atoms with Gasteiger partial charge in [0.2, 0.25) is 5.95 Å². The third-order valence-corrected chi connectivity index (χ3v) is 3.28. The van der Waals surface area contributed by atoms with Crippen molar-refractivity contribution in [3.05, 3.63) is 10.7 Å². The number of nitrogens with one attached hydrogen (secondary N) is 1. The molecule has 0 radical (unpaired) electrons. The minimum atomic E-state index is 0.390. The Bertz CT molecular complexity index is 383. The number of hydrogen-bond acceptors (Lipinski definition) is 5. The fourth-order valence-electron chi connectivity index (χ4n) is 1.98. The molecule has 6 heteroatoms. The van der Waals surface area contributed by atoms with E-state index in [1.807, 2.05) is 7.05 Å². The van der Waals surface area contributed by atoms with Crippen LogP contribution in [0.4, 0.5) is 11.8 Å². The summed E-state index contributed by atoms with van der Waals surface area (Å²) >= 11 is 3.53. The summed E-state index contributed by atoms with van der Waals surface area (Å²) < 4.78 is 0.925. The lowest BCUT2D eigenvalue weighted by Crippen LogP contribution is -2.40. The highest BCUT2D eigenvalue weighted by Gasteiger charge is 2.18. The maximum Gasteiger partial charge on any atom is 0.224 e. The van der Waals surface area contributed by atoms with Crippen LogP contribution in [0.15, 0.2) is 10.7 Å². The second-order valence-electron chi connectivity index (χ2n) is 4.51. The van der Waals surface area contributed by atoms with Crippen LogP contribution in [0.3, 0.4) is 0 Å². The van der Waals surface area contributed by atoms with Crippen molar-refractivity contribution in [3.8, 4) is 0 Å². The van der Waals surface area contributed by atoms with Crippen molar-refractivity contribution < 1.29 is 0 Å². The molecule has 1 aromatic heterocycles. The summed E-state index contributed by atoms with van der Waals surface area (Å²) in [5.41, 5.74) is 0. The van der Waals surface area contributed by atoms with Crippen molar-refractivity contribution in [1.82, 2.24) is 14.9 Å². The lowest BCUT2D eigenvalue weighted by Gasteiger charge is -2.31. The number of halogens is 1. The van der Waals surface area contributed by atoms with E-state index >= 15 is 0 Å². The monoisotopic (exact) mass is 315 g/mol. The van der Waals surface area contributed by atoms with E-state index in [1.165, 1.54) is 0 Å². The van der Waals surface area contributed by atoms with E-state index in [1.54, 1.807) is 6.20 Å². The molecule has 0 bridgehead atoms. The van der Waals surface area contributed by atoms with Crippen LogP contribution >= 0.6 is 15.9 Å². The summed E-state index contributed by atoms with van der Waals surface area (Å²) in [6.07, 6.45) is 1.79. The lowest BCUT2D eigenvalue weighted by atomic mass is 10.2. The van der Waals surface area contributed by atoms with Gasteiger partial charge in [-0.25, -0.2) is 4.98 Å². The van der Waals surface area contributed by atoms with Crippen LogP contribution in [0.2, 0.25) is 0 Å². The molecule has 0 saturated heterocycles. The maximum atomic E-state index is 4.53. The van der Waals surface area contributed by atoms with Gasteiger partial charge >= 0.3 is 0 Å². The largest absolute Gasteiger partial charge is 0.357 e. The summed E-state index contributed by atoms with van der Waals surface area (Å²) in [5.74, 6) is 1.58. The van der Waals surface area contributed by atoms with Gasteiger partial charge in [0, 0.05) is 32.4 Å². The highest BCUT2D eigenvalue weighted by molar-refractivity contribution is 9.10. The van der Waals surface area contributed by atoms with Crippen LogP contribution in [0.1, 0.15) is 13.8 Å². The van der Waals surface area contributed by atoms with Gasteiger partial charge in [0.05, 0.1) is 4.47 Å². The van der Waals surface area contributed by atoms with Gasteiger partial charge < -0.3 is 15.1 Å². The average Bonchev–Trinajstić information content (AvgIpc) is 2.31. The lowest BCUT2D eigenvalue weighted by molar-refractivity contribution is 0.372. The molecule has 0 aliphatic heterocycles. The third kappa shape index (κ3) is 3.81. The average molecular weight is 316 g/mol. The van der Waals surface area contributed by atoms with E-state index in [4.69, 9.17) is 0 Å². The van der Waals surface area contributed by atoms with Crippen LogP contribution in [-0.4, -0.2) is 55.1 Å².